The summed E-state index contributed by atoms with van der Waals surface area (Å²) >= 11 is 0. The molecule has 0 aliphatic heterocycles. The maximum Gasteiger partial charge on any atom is 0.419 e. The number of carbonyl (C=O) groups excluding carboxylic acids is 1. The van der Waals surface area contributed by atoms with E-state index in [1.165, 1.54) is 11.9 Å². The largest absolute Gasteiger partial charge is 0.419 e. The van der Waals surface area contributed by atoms with E-state index in [0.29, 0.717) is 6.07 Å². The standard InChI is InChI=1S/C13H13F4NO/c1-18(8-4-2-5-8)12(19)9-6-3-7-10(11(9)14)13(15,16)17/h3,6-8H,2,4-5H2,1H3. The van der Waals surface area contributed by atoms with Crippen molar-refractivity contribution in [3.63, 3.8) is 0 Å². The molecule has 1 fully saturated rings. The lowest BCUT2D eigenvalue weighted by Crippen LogP contribution is -2.41. The average molecular weight is 275 g/mol. The van der Waals surface area contributed by atoms with Gasteiger partial charge < -0.3 is 4.90 Å². The van der Waals surface area contributed by atoms with Gasteiger partial charge in [-0.2, -0.15) is 13.2 Å². The Labute approximate surface area is 108 Å². The number of carbonyl (C=O) groups is 1. The highest BCUT2D eigenvalue weighted by Crippen LogP contribution is 2.33. The SMILES string of the molecule is CN(C(=O)c1cccc(C(F)(F)F)c1F)C1CCC1. The first-order chi connectivity index (χ1) is 8.82. The van der Waals surface area contributed by atoms with Crippen molar-refractivity contribution >= 4 is 5.91 Å². The Balaban J connectivity index is 2.32. The Morgan fingerprint density at radius 1 is 1.32 bits per heavy atom. The minimum Gasteiger partial charge on any atom is -0.339 e. The summed E-state index contributed by atoms with van der Waals surface area (Å²) in [4.78, 5) is 13.3. The fraction of sp³-hybridized carbons (Fsp3) is 0.462. The van der Waals surface area contributed by atoms with Gasteiger partial charge in [-0.05, 0) is 31.4 Å². The van der Waals surface area contributed by atoms with Crippen LogP contribution in [0.15, 0.2) is 18.2 Å². The van der Waals surface area contributed by atoms with Crippen LogP contribution in [0.4, 0.5) is 17.6 Å². The second-order valence-corrected chi connectivity index (χ2v) is 4.67. The van der Waals surface area contributed by atoms with Crippen molar-refractivity contribution in [2.24, 2.45) is 0 Å². The van der Waals surface area contributed by atoms with Gasteiger partial charge in [-0.25, -0.2) is 4.39 Å². The molecule has 1 saturated carbocycles. The zero-order chi connectivity index (χ0) is 14.2. The van der Waals surface area contributed by atoms with E-state index >= 15 is 0 Å². The van der Waals surface area contributed by atoms with E-state index in [9.17, 15) is 22.4 Å². The van der Waals surface area contributed by atoms with E-state index in [0.717, 1.165) is 31.4 Å². The summed E-state index contributed by atoms with van der Waals surface area (Å²) in [6.45, 7) is 0. The third-order valence-corrected chi connectivity index (χ3v) is 3.48. The van der Waals surface area contributed by atoms with Gasteiger partial charge in [0.15, 0.2) is 0 Å². The topological polar surface area (TPSA) is 20.3 Å². The molecule has 1 aromatic carbocycles. The smallest absolute Gasteiger partial charge is 0.339 e. The zero-order valence-corrected chi connectivity index (χ0v) is 10.3. The van der Waals surface area contributed by atoms with Gasteiger partial charge in [-0.3, -0.25) is 4.79 Å². The van der Waals surface area contributed by atoms with Gasteiger partial charge in [0, 0.05) is 13.1 Å². The highest BCUT2D eigenvalue weighted by atomic mass is 19.4. The van der Waals surface area contributed by atoms with Crippen molar-refractivity contribution in [2.75, 3.05) is 7.05 Å². The van der Waals surface area contributed by atoms with E-state index in [2.05, 4.69) is 0 Å². The van der Waals surface area contributed by atoms with Gasteiger partial charge in [0.05, 0.1) is 11.1 Å². The molecule has 0 bridgehead atoms. The van der Waals surface area contributed by atoms with E-state index in [1.54, 1.807) is 0 Å². The lowest BCUT2D eigenvalue weighted by molar-refractivity contribution is -0.140. The quantitative estimate of drug-likeness (QED) is 0.757. The first kappa shape index (κ1) is 13.8. The molecular weight excluding hydrogens is 262 g/mol. The summed E-state index contributed by atoms with van der Waals surface area (Å²) in [5.41, 5.74) is -1.93. The number of hydrogen-bond acceptors (Lipinski definition) is 1. The molecule has 0 heterocycles. The summed E-state index contributed by atoms with van der Waals surface area (Å²) in [6, 6.07) is 2.77. The zero-order valence-electron chi connectivity index (χ0n) is 10.3. The summed E-state index contributed by atoms with van der Waals surface area (Å²) in [5.74, 6) is -2.19. The maximum absolute atomic E-state index is 13.8. The Kier molecular flexibility index (Phi) is 3.52. The Hall–Kier alpha value is -1.59. The van der Waals surface area contributed by atoms with Crippen LogP contribution in [0.5, 0.6) is 0 Å². The van der Waals surface area contributed by atoms with Crippen molar-refractivity contribution in [1.29, 1.82) is 0 Å². The molecule has 1 aromatic rings. The number of hydrogen-bond donors (Lipinski definition) is 0. The predicted octanol–water partition coefficient (Wildman–Crippen LogP) is 3.47. The number of rotatable bonds is 2. The van der Waals surface area contributed by atoms with Gasteiger partial charge in [-0.1, -0.05) is 6.07 Å². The molecule has 0 N–H and O–H groups in total. The van der Waals surface area contributed by atoms with Crippen LogP contribution in [0.2, 0.25) is 0 Å². The highest BCUT2D eigenvalue weighted by molar-refractivity contribution is 5.94. The van der Waals surface area contributed by atoms with E-state index in [1.807, 2.05) is 0 Å². The molecule has 0 radical (unpaired) electrons. The van der Waals surface area contributed by atoms with Gasteiger partial charge >= 0.3 is 6.18 Å². The van der Waals surface area contributed by atoms with Crippen LogP contribution in [0.3, 0.4) is 0 Å². The number of amides is 1. The molecule has 0 unspecified atom stereocenters. The van der Waals surface area contributed by atoms with Crippen LogP contribution >= 0.6 is 0 Å². The Morgan fingerprint density at radius 2 is 1.95 bits per heavy atom. The Morgan fingerprint density at radius 3 is 2.42 bits per heavy atom. The molecule has 6 heteroatoms. The van der Waals surface area contributed by atoms with Crippen molar-refractivity contribution in [1.82, 2.24) is 4.90 Å². The molecule has 2 rings (SSSR count). The summed E-state index contributed by atoms with van der Waals surface area (Å²) < 4.78 is 51.5. The van der Waals surface area contributed by atoms with Crippen molar-refractivity contribution in [3.8, 4) is 0 Å². The van der Waals surface area contributed by atoms with Crippen LogP contribution in [0.1, 0.15) is 35.2 Å². The molecule has 1 aliphatic rings. The molecule has 1 aliphatic carbocycles. The molecule has 0 atom stereocenters. The van der Waals surface area contributed by atoms with Crippen molar-refractivity contribution in [2.45, 2.75) is 31.5 Å². The van der Waals surface area contributed by atoms with Crippen LogP contribution in [-0.2, 0) is 6.18 Å². The monoisotopic (exact) mass is 275 g/mol. The molecule has 104 valence electrons. The minimum absolute atomic E-state index is 0.00134. The lowest BCUT2D eigenvalue weighted by Gasteiger charge is -2.34. The van der Waals surface area contributed by atoms with Crippen molar-refractivity contribution < 1.29 is 22.4 Å². The van der Waals surface area contributed by atoms with Crippen LogP contribution in [0.25, 0.3) is 0 Å². The first-order valence-corrected chi connectivity index (χ1v) is 5.95. The number of nitrogens with zero attached hydrogens (tertiary/aromatic N) is 1. The number of alkyl halides is 3. The summed E-state index contributed by atoms with van der Waals surface area (Å²) in [6.07, 6.45) is -2.20. The number of benzene rings is 1. The molecule has 0 aromatic heterocycles. The van der Waals surface area contributed by atoms with Gasteiger partial charge in [0.2, 0.25) is 0 Å². The molecule has 2 nitrogen and oxygen atoms in total. The van der Waals surface area contributed by atoms with Crippen molar-refractivity contribution in [3.05, 3.63) is 35.1 Å². The second-order valence-electron chi connectivity index (χ2n) is 4.67. The van der Waals surface area contributed by atoms with E-state index < -0.39 is 29.0 Å². The predicted molar refractivity (Wildman–Crippen MR) is 61.1 cm³/mol. The Bertz CT molecular complexity index is 494. The highest BCUT2D eigenvalue weighted by Gasteiger charge is 2.36. The average Bonchev–Trinajstić information content (AvgIpc) is 2.24. The van der Waals surface area contributed by atoms with Crippen LogP contribution in [-0.4, -0.2) is 23.9 Å². The molecular formula is C13H13F4NO. The number of halogens is 4. The normalized spacial score (nSPS) is 16.1. The molecule has 0 saturated heterocycles. The third kappa shape index (κ3) is 2.57. The second kappa shape index (κ2) is 4.83. The summed E-state index contributed by atoms with van der Waals surface area (Å²) in [5, 5.41) is 0. The maximum atomic E-state index is 13.8. The van der Waals surface area contributed by atoms with E-state index in [-0.39, 0.29) is 6.04 Å². The minimum atomic E-state index is -4.80. The van der Waals surface area contributed by atoms with Gasteiger partial charge in [0.25, 0.3) is 5.91 Å². The van der Waals surface area contributed by atoms with Crippen LogP contribution < -0.4 is 0 Å². The fourth-order valence-corrected chi connectivity index (χ4v) is 2.05. The lowest BCUT2D eigenvalue weighted by atomic mass is 9.91. The fourth-order valence-electron chi connectivity index (χ4n) is 2.05. The van der Waals surface area contributed by atoms with E-state index in [4.69, 9.17) is 0 Å². The molecule has 1 amide bonds. The molecule has 19 heavy (non-hydrogen) atoms. The van der Waals surface area contributed by atoms with Gasteiger partial charge in [-0.15, -0.1) is 0 Å². The first-order valence-electron chi connectivity index (χ1n) is 5.95. The summed E-state index contributed by atoms with van der Waals surface area (Å²) in [7, 11) is 1.49. The van der Waals surface area contributed by atoms with Crippen LogP contribution in [0, 0.1) is 5.82 Å². The van der Waals surface area contributed by atoms with Gasteiger partial charge in [0.1, 0.15) is 5.82 Å². The third-order valence-electron chi connectivity index (χ3n) is 3.48. The molecule has 0 spiro atoms.